The third-order valence-corrected chi connectivity index (χ3v) is 6.24. The maximum Gasteiger partial charge on any atom is 0.245 e. The molecule has 0 aliphatic heterocycles. The molecule has 0 aliphatic carbocycles. The molecule has 0 aliphatic rings. The molecule has 1 N–H and O–H groups in total. The molecule has 0 spiro atoms. The van der Waals surface area contributed by atoms with Gasteiger partial charge in [-0.05, 0) is 39.8 Å². The second-order valence-corrected chi connectivity index (χ2v) is 8.45. The largest absolute Gasteiger partial charge is 0.332 e. The van der Waals surface area contributed by atoms with E-state index in [1.54, 1.807) is 4.90 Å². The Bertz CT molecular complexity index is 594. The molecule has 1 heterocycles. The zero-order valence-electron chi connectivity index (χ0n) is 18.5. The number of carbonyl (C=O) groups is 2. The summed E-state index contributed by atoms with van der Waals surface area (Å²) in [5.74, 6) is -0.0782. The predicted molar refractivity (Wildman–Crippen MR) is 118 cm³/mol. The molecule has 0 saturated carbocycles. The molecule has 7 heteroatoms. The molecule has 1 aromatic rings. The number of hydrogen-bond donors (Lipinski definition) is 1. The topological polar surface area (TPSA) is 65.5 Å². The van der Waals surface area contributed by atoms with Gasteiger partial charge in [0.05, 0.1) is 12.2 Å². The number of hydrogen-bond acceptors (Lipinski definition) is 5. The minimum absolute atomic E-state index is 0.00574. The molecule has 0 fully saturated rings. The smallest absolute Gasteiger partial charge is 0.245 e. The van der Waals surface area contributed by atoms with Crippen molar-refractivity contribution in [1.29, 1.82) is 0 Å². The Morgan fingerprint density at radius 1 is 1.11 bits per heavy atom. The average Bonchev–Trinajstić information content (AvgIpc) is 2.98. The van der Waals surface area contributed by atoms with Crippen molar-refractivity contribution in [3.05, 3.63) is 10.6 Å². The first kappa shape index (κ1) is 24.6. The monoisotopic (exact) mass is 410 g/mol. The van der Waals surface area contributed by atoms with Crippen LogP contribution in [0.15, 0.2) is 0 Å². The molecule has 1 atom stereocenters. The number of thiazole rings is 1. The molecule has 0 aromatic carbocycles. The van der Waals surface area contributed by atoms with E-state index in [2.05, 4.69) is 42.9 Å². The van der Waals surface area contributed by atoms with Crippen molar-refractivity contribution in [2.24, 2.45) is 5.92 Å². The van der Waals surface area contributed by atoms with Crippen LogP contribution in [-0.4, -0.2) is 59.3 Å². The molecule has 1 unspecified atom stereocenters. The molecule has 1 rings (SSSR count). The SMILES string of the molecule is CCCCC(CC)C(=O)N(CCN(CC)CC)CC(=O)Nc1nc(C)c(C)s1. The van der Waals surface area contributed by atoms with Gasteiger partial charge in [0.2, 0.25) is 11.8 Å². The summed E-state index contributed by atoms with van der Waals surface area (Å²) >= 11 is 1.47. The fourth-order valence-corrected chi connectivity index (χ4v) is 3.97. The van der Waals surface area contributed by atoms with E-state index in [0.717, 1.165) is 55.9 Å². The Morgan fingerprint density at radius 2 is 1.79 bits per heavy atom. The maximum atomic E-state index is 13.1. The molecular weight excluding hydrogens is 372 g/mol. The van der Waals surface area contributed by atoms with Gasteiger partial charge in [-0.15, -0.1) is 11.3 Å². The minimum atomic E-state index is -0.174. The summed E-state index contributed by atoms with van der Waals surface area (Å²) in [6.07, 6.45) is 3.82. The Kier molecular flexibility index (Phi) is 11.3. The van der Waals surface area contributed by atoms with Crippen molar-refractivity contribution < 1.29 is 9.59 Å². The lowest BCUT2D eigenvalue weighted by molar-refractivity contribution is -0.139. The van der Waals surface area contributed by atoms with E-state index in [0.29, 0.717) is 11.7 Å². The molecular formula is C21H38N4O2S. The van der Waals surface area contributed by atoms with Gasteiger partial charge in [-0.3, -0.25) is 9.59 Å². The van der Waals surface area contributed by atoms with Crippen LogP contribution in [0, 0.1) is 19.8 Å². The predicted octanol–water partition coefficient (Wildman–Crippen LogP) is 4.09. The summed E-state index contributed by atoms with van der Waals surface area (Å²) < 4.78 is 0. The number of nitrogens with zero attached hydrogens (tertiary/aromatic N) is 3. The van der Waals surface area contributed by atoms with E-state index >= 15 is 0 Å². The third-order valence-electron chi connectivity index (χ3n) is 5.25. The molecule has 0 bridgehead atoms. The van der Waals surface area contributed by atoms with Crippen LogP contribution in [0.3, 0.4) is 0 Å². The first-order valence-corrected chi connectivity index (χ1v) is 11.4. The molecule has 28 heavy (non-hydrogen) atoms. The van der Waals surface area contributed by atoms with Gasteiger partial charge in [0.1, 0.15) is 0 Å². The lowest BCUT2D eigenvalue weighted by Crippen LogP contribution is -2.45. The molecule has 6 nitrogen and oxygen atoms in total. The highest BCUT2D eigenvalue weighted by atomic mass is 32.1. The van der Waals surface area contributed by atoms with Gasteiger partial charge in [-0.2, -0.15) is 0 Å². The summed E-state index contributed by atoms with van der Waals surface area (Å²) in [7, 11) is 0. The van der Waals surface area contributed by atoms with Gasteiger partial charge in [0.25, 0.3) is 0 Å². The molecule has 2 amide bonds. The fraction of sp³-hybridized carbons (Fsp3) is 0.762. The number of nitrogens with one attached hydrogen (secondary N) is 1. The number of carbonyl (C=O) groups excluding carboxylic acids is 2. The van der Waals surface area contributed by atoms with E-state index in [1.165, 1.54) is 11.3 Å². The van der Waals surface area contributed by atoms with Crippen molar-refractivity contribution in [2.45, 2.75) is 67.2 Å². The number of likely N-dealkylation sites (N-methyl/N-ethyl adjacent to an activating group) is 1. The number of aryl methyl sites for hydroxylation is 2. The maximum absolute atomic E-state index is 13.1. The van der Waals surface area contributed by atoms with Gasteiger partial charge >= 0.3 is 0 Å². The summed E-state index contributed by atoms with van der Waals surface area (Å²) in [5.41, 5.74) is 0.931. The number of amides is 2. The van der Waals surface area contributed by atoms with E-state index < -0.39 is 0 Å². The van der Waals surface area contributed by atoms with E-state index in [4.69, 9.17) is 0 Å². The molecule has 1 aromatic heterocycles. The van der Waals surface area contributed by atoms with Crippen molar-refractivity contribution >= 4 is 28.3 Å². The van der Waals surface area contributed by atoms with Gasteiger partial charge in [-0.25, -0.2) is 4.98 Å². The van der Waals surface area contributed by atoms with Crippen LogP contribution in [0.25, 0.3) is 0 Å². The molecule has 0 saturated heterocycles. The van der Waals surface area contributed by atoms with Crippen LogP contribution in [0.4, 0.5) is 5.13 Å². The standard InChI is InChI=1S/C21H38N4O2S/c1-7-11-12-18(8-2)20(27)25(14-13-24(9-3)10-4)15-19(26)23-21-22-16(5)17(6)28-21/h18H,7-15H2,1-6H3,(H,22,23,26). The number of aromatic nitrogens is 1. The summed E-state index contributed by atoms with van der Waals surface area (Å²) in [6, 6.07) is 0. The Hall–Kier alpha value is -1.47. The van der Waals surface area contributed by atoms with Gasteiger partial charge < -0.3 is 15.1 Å². The van der Waals surface area contributed by atoms with Crippen molar-refractivity contribution in [3.8, 4) is 0 Å². The van der Waals surface area contributed by atoms with Crippen LogP contribution < -0.4 is 5.32 Å². The van der Waals surface area contributed by atoms with Gasteiger partial charge in [-0.1, -0.05) is 40.5 Å². The van der Waals surface area contributed by atoms with Crippen LogP contribution in [0.5, 0.6) is 0 Å². The molecule has 160 valence electrons. The first-order valence-electron chi connectivity index (χ1n) is 10.6. The minimum Gasteiger partial charge on any atom is -0.332 e. The third kappa shape index (κ3) is 7.87. The number of unbranched alkanes of at least 4 members (excludes halogenated alkanes) is 1. The van der Waals surface area contributed by atoms with Crippen LogP contribution >= 0.6 is 11.3 Å². The Morgan fingerprint density at radius 3 is 2.29 bits per heavy atom. The lowest BCUT2D eigenvalue weighted by Gasteiger charge is -2.29. The van der Waals surface area contributed by atoms with E-state index in [-0.39, 0.29) is 24.3 Å². The van der Waals surface area contributed by atoms with Gasteiger partial charge in [0.15, 0.2) is 5.13 Å². The zero-order valence-corrected chi connectivity index (χ0v) is 19.3. The Balaban J connectivity index is 2.82. The van der Waals surface area contributed by atoms with Crippen LogP contribution in [0.1, 0.15) is 63.9 Å². The quantitative estimate of drug-likeness (QED) is 0.532. The normalized spacial score (nSPS) is 12.2. The summed E-state index contributed by atoms with van der Waals surface area (Å²) in [5, 5.41) is 3.47. The number of rotatable bonds is 13. The van der Waals surface area contributed by atoms with Crippen molar-refractivity contribution in [1.82, 2.24) is 14.8 Å². The van der Waals surface area contributed by atoms with Crippen LogP contribution in [-0.2, 0) is 9.59 Å². The second-order valence-electron chi connectivity index (χ2n) is 7.24. The van der Waals surface area contributed by atoms with Crippen LogP contribution in [0.2, 0.25) is 0 Å². The fourth-order valence-electron chi connectivity index (χ4n) is 3.14. The average molecular weight is 411 g/mol. The summed E-state index contributed by atoms with van der Waals surface area (Å²) in [4.78, 5) is 35.2. The highest BCUT2D eigenvalue weighted by molar-refractivity contribution is 7.15. The molecule has 0 radical (unpaired) electrons. The number of anilines is 1. The second kappa shape index (κ2) is 12.9. The van der Waals surface area contributed by atoms with Gasteiger partial charge in [0, 0.05) is 23.9 Å². The highest BCUT2D eigenvalue weighted by Crippen LogP contribution is 2.21. The van der Waals surface area contributed by atoms with Crippen molar-refractivity contribution in [3.63, 3.8) is 0 Å². The summed E-state index contributed by atoms with van der Waals surface area (Å²) in [6.45, 7) is 15.7. The highest BCUT2D eigenvalue weighted by Gasteiger charge is 2.25. The zero-order chi connectivity index (χ0) is 21.1. The lowest BCUT2D eigenvalue weighted by atomic mass is 9.97. The van der Waals surface area contributed by atoms with Crippen molar-refractivity contribution in [2.75, 3.05) is 38.0 Å². The first-order chi connectivity index (χ1) is 13.4. The van der Waals surface area contributed by atoms with E-state index in [1.807, 2.05) is 13.8 Å². The Labute approximate surface area is 174 Å². The van der Waals surface area contributed by atoms with E-state index in [9.17, 15) is 9.59 Å².